The van der Waals surface area contributed by atoms with E-state index in [4.69, 9.17) is 0 Å². The van der Waals surface area contributed by atoms with Gasteiger partial charge in [0.1, 0.15) is 0 Å². The second-order valence-electron chi connectivity index (χ2n) is 6.09. The third-order valence-corrected chi connectivity index (χ3v) is 7.11. The molecule has 0 saturated carbocycles. The maximum Gasteiger partial charge on any atom is 0.152 e. The van der Waals surface area contributed by atoms with Crippen molar-refractivity contribution in [3.8, 4) is 0 Å². The molecule has 3 nitrogen and oxygen atoms in total. The fourth-order valence-corrected chi connectivity index (χ4v) is 4.19. The van der Waals surface area contributed by atoms with Crippen LogP contribution >= 0.6 is 11.3 Å². The van der Waals surface area contributed by atoms with E-state index in [1.807, 2.05) is 5.51 Å². The molecule has 0 radical (unpaired) electrons. The van der Waals surface area contributed by atoms with E-state index in [9.17, 15) is 8.42 Å². The van der Waals surface area contributed by atoms with Crippen molar-refractivity contribution in [3.05, 3.63) is 29.3 Å². The van der Waals surface area contributed by atoms with Gasteiger partial charge in [-0.15, -0.1) is 11.3 Å². The van der Waals surface area contributed by atoms with E-state index in [0.717, 1.165) is 44.0 Å². The van der Waals surface area contributed by atoms with Crippen LogP contribution in [0.25, 0.3) is 10.2 Å². The van der Waals surface area contributed by atoms with Crippen LogP contribution in [0.4, 0.5) is 0 Å². The zero-order valence-corrected chi connectivity index (χ0v) is 15.0. The maximum absolute atomic E-state index is 11.7. The minimum absolute atomic E-state index is 0.242. The van der Waals surface area contributed by atoms with Crippen LogP contribution in [0.3, 0.4) is 0 Å². The van der Waals surface area contributed by atoms with Gasteiger partial charge in [0.05, 0.1) is 26.7 Å². The molecule has 0 unspecified atom stereocenters. The molecule has 0 bridgehead atoms. The number of aryl methyl sites for hydroxylation is 1. The number of nitrogens with zero attached hydrogens (tertiary/aromatic N) is 1. The number of aromatic nitrogens is 1. The second kappa shape index (κ2) is 8.06. The average Bonchev–Trinajstić information content (AvgIpc) is 2.93. The van der Waals surface area contributed by atoms with Gasteiger partial charge in [-0.05, 0) is 50.8 Å². The highest BCUT2D eigenvalue weighted by Crippen LogP contribution is 2.20. The summed E-state index contributed by atoms with van der Waals surface area (Å²) in [5.74, 6) is 0.338. The molecular weight excluding hydrogens is 314 g/mol. The number of fused-ring (bicyclic) bond motifs is 1. The molecule has 0 atom stereocenters. The van der Waals surface area contributed by atoms with Crippen LogP contribution in [0.1, 0.15) is 51.5 Å². The van der Waals surface area contributed by atoms with Gasteiger partial charge in [-0.2, -0.15) is 0 Å². The molecule has 0 N–H and O–H groups in total. The molecule has 0 spiro atoms. The summed E-state index contributed by atoms with van der Waals surface area (Å²) in [7, 11) is -2.86. The van der Waals surface area contributed by atoms with Gasteiger partial charge in [-0.25, -0.2) is 13.4 Å². The molecule has 1 aromatic heterocycles. The molecule has 0 aliphatic carbocycles. The fourth-order valence-electron chi connectivity index (χ4n) is 2.46. The van der Waals surface area contributed by atoms with Gasteiger partial charge >= 0.3 is 0 Å². The largest absolute Gasteiger partial charge is 0.245 e. The number of hydrogen-bond donors (Lipinski definition) is 0. The molecule has 0 fully saturated rings. The monoisotopic (exact) mass is 339 g/mol. The predicted molar refractivity (Wildman–Crippen MR) is 95.3 cm³/mol. The highest BCUT2D eigenvalue weighted by Gasteiger charge is 2.14. The summed E-state index contributed by atoms with van der Waals surface area (Å²) in [5, 5.41) is -0.242. The molecule has 122 valence electrons. The Morgan fingerprint density at radius 1 is 1.09 bits per heavy atom. The fraction of sp³-hybridized carbons (Fsp3) is 0.588. The smallest absolute Gasteiger partial charge is 0.152 e. The van der Waals surface area contributed by atoms with Crippen LogP contribution < -0.4 is 0 Å². The summed E-state index contributed by atoms with van der Waals surface area (Å²) in [6, 6.07) is 6.52. The van der Waals surface area contributed by atoms with E-state index in [1.165, 1.54) is 10.3 Å². The number of benzene rings is 1. The Kier molecular flexibility index (Phi) is 6.38. The van der Waals surface area contributed by atoms with Crippen molar-refractivity contribution < 1.29 is 8.42 Å². The predicted octanol–water partition coefficient (Wildman–Crippen LogP) is 4.61. The van der Waals surface area contributed by atoms with Crippen LogP contribution in [0.2, 0.25) is 0 Å². The minimum Gasteiger partial charge on any atom is -0.245 e. The molecule has 1 aromatic carbocycles. The van der Waals surface area contributed by atoms with Crippen molar-refractivity contribution in [2.45, 2.75) is 57.6 Å². The van der Waals surface area contributed by atoms with Crippen LogP contribution in [0, 0.1) is 0 Å². The van der Waals surface area contributed by atoms with Crippen molar-refractivity contribution in [2.75, 3.05) is 5.75 Å². The van der Waals surface area contributed by atoms with E-state index in [2.05, 4.69) is 23.2 Å². The summed E-state index contributed by atoms with van der Waals surface area (Å²) < 4.78 is 24.6. The lowest BCUT2D eigenvalue weighted by atomic mass is 10.1. The minimum atomic E-state index is -2.86. The molecule has 0 saturated heterocycles. The lowest BCUT2D eigenvalue weighted by Crippen LogP contribution is -2.17. The van der Waals surface area contributed by atoms with Gasteiger partial charge in [0.25, 0.3) is 0 Å². The van der Waals surface area contributed by atoms with Crippen molar-refractivity contribution in [1.82, 2.24) is 4.98 Å². The summed E-state index contributed by atoms with van der Waals surface area (Å²) >= 11 is 1.68. The lowest BCUT2D eigenvalue weighted by molar-refractivity contribution is 0.577. The van der Waals surface area contributed by atoms with Gasteiger partial charge in [-0.3, -0.25) is 0 Å². The van der Waals surface area contributed by atoms with Crippen LogP contribution in [-0.4, -0.2) is 24.4 Å². The van der Waals surface area contributed by atoms with Gasteiger partial charge in [0, 0.05) is 0 Å². The Hall–Kier alpha value is -0.940. The van der Waals surface area contributed by atoms with Crippen LogP contribution in [0.5, 0.6) is 0 Å². The van der Waals surface area contributed by atoms with E-state index in [-0.39, 0.29) is 5.25 Å². The SMILES string of the molecule is CC(C)S(=O)(=O)CCCCCCCc1ccc2scnc2c1. The van der Waals surface area contributed by atoms with E-state index in [1.54, 1.807) is 25.2 Å². The Bertz CT molecular complexity index is 690. The average molecular weight is 340 g/mol. The van der Waals surface area contributed by atoms with Crippen LogP contribution in [0.15, 0.2) is 23.7 Å². The lowest BCUT2D eigenvalue weighted by Gasteiger charge is -2.07. The van der Waals surface area contributed by atoms with Crippen LogP contribution in [-0.2, 0) is 16.3 Å². The highest BCUT2D eigenvalue weighted by atomic mass is 32.2. The number of sulfone groups is 1. The highest BCUT2D eigenvalue weighted by molar-refractivity contribution is 7.91. The standard InChI is InChI=1S/C17H25NO2S2/c1-14(2)22(19,20)11-7-5-3-4-6-8-15-9-10-17-16(12-15)18-13-21-17/h9-10,12-14H,3-8,11H2,1-2H3. The van der Waals surface area contributed by atoms with Crippen molar-refractivity contribution in [1.29, 1.82) is 0 Å². The number of unbranched alkanes of at least 4 members (excludes halogenated alkanes) is 4. The van der Waals surface area contributed by atoms with Gasteiger partial charge in [0.2, 0.25) is 0 Å². The third kappa shape index (κ3) is 5.06. The molecular formula is C17H25NO2S2. The zero-order chi connectivity index (χ0) is 16.0. The zero-order valence-electron chi connectivity index (χ0n) is 13.4. The second-order valence-corrected chi connectivity index (χ2v) is 9.65. The Morgan fingerprint density at radius 3 is 2.59 bits per heavy atom. The summed E-state index contributed by atoms with van der Waals surface area (Å²) in [4.78, 5) is 4.35. The number of hydrogen-bond acceptors (Lipinski definition) is 4. The van der Waals surface area contributed by atoms with E-state index >= 15 is 0 Å². The van der Waals surface area contributed by atoms with Gasteiger partial charge in [0.15, 0.2) is 9.84 Å². The summed E-state index contributed by atoms with van der Waals surface area (Å²) in [6.07, 6.45) is 6.33. The van der Waals surface area contributed by atoms with Crippen molar-refractivity contribution >= 4 is 31.4 Å². The third-order valence-electron chi connectivity index (χ3n) is 4.01. The molecule has 0 amide bonds. The molecule has 0 aliphatic rings. The quantitative estimate of drug-likeness (QED) is 0.627. The normalized spacial score (nSPS) is 12.3. The molecule has 2 rings (SSSR count). The summed E-state index contributed by atoms with van der Waals surface area (Å²) in [5.41, 5.74) is 4.34. The number of rotatable bonds is 9. The van der Waals surface area contributed by atoms with Gasteiger partial charge in [-0.1, -0.05) is 25.3 Å². The first kappa shape index (κ1) is 17.4. The molecule has 1 heterocycles. The maximum atomic E-state index is 11.7. The topological polar surface area (TPSA) is 47.0 Å². The Balaban J connectivity index is 1.61. The number of thiazole rings is 1. The molecule has 0 aliphatic heterocycles. The van der Waals surface area contributed by atoms with E-state index in [0.29, 0.717) is 5.75 Å². The Labute approximate surface area is 137 Å². The van der Waals surface area contributed by atoms with Crippen molar-refractivity contribution in [3.63, 3.8) is 0 Å². The first-order chi connectivity index (χ1) is 10.5. The first-order valence-electron chi connectivity index (χ1n) is 8.03. The first-order valence-corrected chi connectivity index (χ1v) is 10.6. The molecule has 5 heteroatoms. The van der Waals surface area contributed by atoms with E-state index < -0.39 is 9.84 Å². The summed E-state index contributed by atoms with van der Waals surface area (Å²) in [6.45, 7) is 3.52. The molecule has 2 aromatic rings. The molecule has 22 heavy (non-hydrogen) atoms. The van der Waals surface area contributed by atoms with Gasteiger partial charge < -0.3 is 0 Å². The van der Waals surface area contributed by atoms with Crippen molar-refractivity contribution in [2.24, 2.45) is 0 Å². The Morgan fingerprint density at radius 2 is 1.82 bits per heavy atom.